The topological polar surface area (TPSA) is 73.1 Å². The van der Waals surface area contributed by atoms with Crippen molar-refractivity contribution in [2.75, 3.05) is 0 Å². The van der Waals surface area contributed by atoms with Gasteiger partial charge in [0.1, 0.15) is 5.82 Å². The highest BCUT2D eigenvalue weighted by molar-refractivity contribution is 7.89. The van der Waals surface area contributed by atoms with Gasteiger partial charge in [0.25, 0.3) is 5.56 Å². The summed E-state index contributed by atoms with van der Waals surface area (Å²) >= 11 is 0. The maximum atomic E-state index is 13.7. The van der Waals surface area contributed by atoms with E-state index in [0.717, 1.165) is 11.3 Å². The molecule has 0 aliphatic carbocycles. The van der Waals surface area contributed by atoms with Gasteiger partial charge in [0.15, 0.2) is 0 Å². The number of nitrogens with one attached hydrogen (secondary N) is 1. The van der Waals surface area contributed by atoms with Crippen molar-refractivity contribution >= 4 is 10.0 Å². The predicted molar refractivity (Wildman–Crippen MR) is 110 cm³/mol. The van der Waals surface area contributed by atoms with Crippen molar-refractivity contribution in [3.05, 3.63) is 81.5 Å². The van der Waals surface area contributed by atoms with Crippen LogP contribution in [-0.2, 0) is 23.6 Å². The molecule has 0 aliphatic rings. The molecule has 8 heteroatoms. The number of rotatable bonds is 6. The Morgan fingerprint density at radius 2 is 1.69 bits per heavy atom. The largest absolute Gasteiger partial charge is 0.285 e. The number of aromatic nitrogens is 2. The third-order valence-corrected chi connectivity index (χ3v) is 6.39. The molecule has 0 amide bonds. The monoisotopic (exact) mass is 417 g/mol. The second kappa shape index (κ2) is 7.96. The number of sulfonamides is 1. The van der Waals surface area contributed by atoms with E-state index in [9.17, 15) is 17.6 Å². The normalized spacial score (nSPS) is 11.9. The Morgan fingerprint density at radius 1 is 1.07 bits per heavy atom. The van der Waals surface area contributed by atoms with Gasteiger partial charge in [0.2, 0.25) is 10.0 Å². The van der Waals surface area contributed by atoms with Crippen molar-refractivity contribution in [1.29, 1.82) is 0 Å². The van der Waals surface area contributed by atoms with Crippen molar-refractivity contribution in [2.45, 2.75) is 38.1 Å². The average molecular weight is 418 g/mol. The lowest BCUT2D eigenvalue weighted by molar-refractivity contribution is 0.574. The second-order valence-corrected chi connectivity index (χ2v) is 8.97. The van der Waals surface area contributed by atoms with Crippen molar-refractivity contribution in [1.82, 2.24) is 14.1 Å². The van der Waals surface area contributed by atoms with Crippen LogP contribution in [0, 0.1) is 12.7 Å². The Labute approximate surface area is 169 Å². The van der Waals surface area contributed by atoms with Gasteiger partial charge in [-0.2, -0.15) is 0 Å². The van der Waals surface area contributed by atoms with E-state index in [4.69, 9.17) is 0 Å². The first-order valence-corrected chi connectivity index (χ1v) is 10.7. The molecule has 0 saturated heterocycles. The number of halogens is 1. The fourth-order valence-electron chi connectivity index (χ4n) is 3.35. The fourth-order valence-corrected chi connectivity index (χ4v) is 4.36. The van der Waals surface area contributed by atoms with E-state index < -0.39 is 15.8 Å². The van der Waals surface area contributed by atoms with Gasteiger partial charge < -0.3 is 0 Å². The smallest absolute Gasteiger partial charge is 0.275 e. The van der Waals surface area contributed by atoms with E-state index in [-0.39, 0.29) is 28.5 Å². The van der Waals surface area contributed by atoms with Gasteiger partial charge in [0.05, 0.1) is 10.6 Å². The van der Waals surface area contributed by atoms with Crippen LogP contribution in [0.3, 0.4) is 0 Å². The highest BCUT2D eigenvalue weighted by atomic mass is 32.2. The lowest BCUT2D eigenvalue weighted by Crippen LogP contribution is -2.24. The zero-order valence-electron chi connectivity index (χ0n) is 16.8. The summed E-state index contributed by atoms with van der Waals surface area (Å²) in [6.07, 6.45) is 0. The summed E-state index contributed by atoms with van der Waals surface area (Å²) in [7, 11) is -2.03. The summed E-state index contributed by atoms with van der Waals surface area (Å²) in [5, 5.41) is 0. The third-order valence-electron chi connectivity index (χ3n) is 4.98. The lowest BCUT2D eigenvalue weighted by Gasteiger charge is -2.11. The molecule has 0 unspecified atom stereocenters. The van der Waals surface area contributed by atoms with Crippen LogP contribution in [0.15, 0.2) is 58.2 Å². The van der Waals surface area contributed by atoms with Crippen molar-refractivity contribution in [3.63, 3.8) is 0 Å². The van der Waals surface area contributed by atoms with Gasteiger partial charge in [-0.1, -0.05) is 32.0 Å². The minimum absolute atomic E-state index is 0.0423. The minimum atomic E-state index is -3.82. The summed E-state index contributed by atoms with van der Waals surface area (Å²) in [6, 6.07) is 12.0. The molecule has 0 fully saturated rings. The third kappa shape index (κ3) is 4.04. The Bertz CT molecular complexity index is 1190. The fraction of sp³-hybridized carbons (Fsp3) is 0.286. The van der Waals surface area contributed by atoms with E-state index in [0.29, 0.717) is 5.69 Å². The van der Waals surface area contributed by atoms with Crippen molar-refractivity contribution < 1.29 is 12.8 Å². The van der Waals surface area contributed by atoms with Crippen LogP contribution >= 0.6 is 0 Å². The molecule has 0 saturated carbocycles. The van der Waals surface area contributed by atoms with Crippen LogP contribution < -0.4 is 10.3 Å². The van der Waals surface area contributed by atoms with Crippen LogP contribution in [0.1, 0.15) is 36.6 Å². The van der Waals surface area contributed by atoms with Gasteiger partial charge >= 0.3 is 0 Å². The van der Waals surface area contributed by atoms with Crippen LogP contribution in [0.25, 0.3) is 5.69 Å². The van der Waals surface area contributed by atoms with Gasteiger partial charge in [-0.05, 0) is 43.2 Å². The molecule has 0 atom stereocenters. The Hall–Kier alpha value is -2.71. The van der Waals surface area contributed by atoms with Gasteiger partial charge in [-0.15, -0.1) is 0 Å². The number of nitrogens with zero attached hydrogens (tertiary/aromatic N) is 2. The Morgan fingerprint density at radius 3 is 2.24 bits per heavy atom. The lowest BCUT2D eigenvalue weighted by atomic mass is 10.0. The predicted octanol–water partition coefficient (Wildman–Crippen LogP) is 3.23. The molecule has 1 aromatic heterocycles. The highest BCUT2D eigenvalue weighted by Gasteiger charge is 2.19. The molecule has 1 heterocycles. The summed E-state index contributed by atoms with van der Waals surface area (Å²) in [4.78, 5) is 12.8. The summed E-state index contributed by atoms with van der Waals surface area (Å²) in [6.45, 7) is 5.67. The molecule has 6 nitrogen and oxygen atoms in total. The molecule has 0 spiro atoms. The molecule has 2 aromatic carbocycles. The minimum Gasteiger partial charge on any atom is -0.285 e. The first-order valence-electron chi connectivity index (χ1n) is 9.25. The van der Waals surface area contributed by atoms with E-state index in [1.807, 2.05) is 20.8 Å². The quantitative estimate of drug-likeness (QED) is 0.669. The molecular weight excluding hydrogens is 393 g/mol. The van der Waals surface area contributed by atoms with E-state index in [2.05, 4.69) is 4.72 Å². The van der Waals surface area contributed by atoms with Gasteiger partial charge in [0, 0.05) is 30.4 Å². The Kier molecular flexibility index (Phi) is 5.77. The SMILES string of the molecule is Cc1c(C(C)C)c(=O)n(-c2ccc(S(=O)(=O)NCc3ccccc3F)cc2)n1C. The van der Waals surface area contributed by atoms with Crippen LogP contribution in [0.2, 0.25) is 0 Å². The molecular formula is C21H24FN3O3S. The summed E-state index contributed by atoms with van der Waals surface area (Å²) < 4.78 is 44.5. The van der Waals surface area contributed by atoms with Crippen LogP contribution in [0.5, 0.6) is 0 Å². The maximum absolute atomic E-state index is 13.7. The van der Waals surface area contributed by atoms with E-state index in [1.165, 1.54) is 28.9 Å². The van der Waals surface area contributed by atoms with E-state index >= 15 is 0 Å². The number of benzene rings is 2. The molecule has 3 aromatic rings. The number of hydrogen-bond acceptors (Lipinski definition) is 3. The van der Waals surface area contributed by atoms with Gasteiger partial charge in [-0.25, -0.2) is 22.2 Å². The molecule has 3 rings (SSSR count). The Balaban J connectivity index is 1.88. The second-order valence-electron chi connectivity index (χ2n) is 7.20. The summed E-state index contributed by atoms with van der Waals surface area (Å²) in [5.41, 5.74) is 2.32. The molecule has 29 heavy (non-hydrogen) atoms. The zero-order chi connectivity index (χ0) is 21.3. The molecule has 1 N–H and O–H groups in total. The maximum Gasteiger partial charge on any atom is 0.275 e. The zero-order valence-corrected chi connectivity index (χ0v) is 17.6. The molecule has 154 valence electrons. The van der Waals surface area contributed by atoms with Crippen LogP contribution in [0.4, 0.5) is 4.39 Å². The van der Waals surface area contributed by atoms with E-state index in [1.54, 1.807) is 36.0 Å². The summed E-state index contributed by atoms with van der Waals surface area (Å²) in [5.74, 6) is -0.387. The first kappa shape index (κ1) is 21.0. The molecule has 0 radical (unpaired) electrons. The first-order chi connectivity index (χ1) is 13.6. The number of hydrogen-bond donors (Lipinski definition) is 1. The van der Waals surface area contributed by atoms with Crippen molar-refractivity contribution in [3.8, 4) is 5.69 Å². The van der Waals surface area contributed by atoms with Crippen LogP contribution in [-0.4, -0.2) is 17.8 Å². The van der Waals surface area contributed by atoms with Crippen molar-refractivity contribution in [2.24, 2.45) is 7.05 Å². The highest BCUT2D eigenvalue weighted by Crippen LogP contribution is 2.19. The molecule has 0 bridgehead atoms. The van der Waals surface area contributed by atoms with Gasteiger partial charge in [-0.3, -0.25) is 9.48 Å². The molecule has 0 aliphatic heterocycles. The standard InChI is InChI=1S/C21H24FN3O3S/c1-14(2)20-15(3)24(4)25(21(20)26)17-9-11-18(12-10-17)29(27,28)23-13-16-7-5-6-8-19(16)22/h5-12,14,23H,13H2,1-4H3. The average Bonchev–Trinajstić information content (AvgIpc) is 2.90.